The van der Waals surface area contributed by atoms with E-state index in [1.165, 1.54) is 7.05 Å². The van der Waals surface area contributed by atoms with Crippen molar-refractivity contribution in [2.45, 2.75) is 44.0 Å². The molecule has 0 saturated heterocycles. The van der Waals surface area contributed by atoms with Crippen LogP contribution in [0.5, 0.6) is 0 Å². The van der Waals surface area contributed by atoms with Crippen molar-refractivity contribution in [1.29, 1.82) is 0 Å². The molecule has 1 aliphatic carbocycles. The van der Waals surface area contributed by atoms with Crippen molar-refractivity contribution in [3.63, 3.8) is 0 Å². The highest BCUT2D eigenvalue weighted by atomic mass is 32.2. The second-order valence-corrected chi connectivity index (χ2v) is 13.6. The lowest BCUT2D eigenvalue weighted by atomic mass is 10.0. The Bertz CT molecular complexity index is 1610. The second kappa shape index (κ2) is 10.5. The molecular weight excluding hydrogens is 559 g/mol. The quantitative estimate of drug-likeness (QED) is 0.346. The average Bonchev–Trinajstić information content (AvgIpc) is 3.62. The first-order valence-electron chi connectivity index (χ1n) is 12.2. The van der Waals surface area contributed by atoms with Gasteiger partial charge in [-0.3, -0.25) is 9.10 Å². The first kappa shape index (κ1) is 28.9. The molecule has 1 aliphatic rings. The molecule has 0 radical (unpaired) electrons. The Hall–Kier alpha value is -3.13. The van der Waals surface area contributed by atoms with Crippen molar-refractivity contribution >= 4 is 42.7 Å². The zero-order valence-corrected chi connectivity index (χ0v) is 23.1. The molecule has 2 heterocycles. The number of alkyl halides is 3. The minimum absolute atomic E-state index is 0.0249. The van der Waals surface area contributed by atoms with Gasteiger partial charge in [0.25, 0.3) is 5.91 Å². The number of aromatic nitrogens is 1. The molecule has 9 nitrogen and oxygen atoms in total. The van der Waals surface area contributed by atoms with Crippen LogP contribution in [0.15, 0.2) is 34.7 Å². The number of hydrogen-bond acceptors (Lipinski definition) is 7. The molecule has 0 unspecified atom stereocenters. The van der Waals surface area contributed by atoms with Crippen LogP contribution in [-0.4, -0.2) is 58.8 Å². The van der Waals surface area contributed by atoms with Crippen LogP contribution >= 0.6 is 0 Å². The molecule has 1 fully saturated rings. The molecule has 1 N–H and O–H groups in total. The summed E-state index contributed by atoms with van der Waals surface area (Å²) in [4.78, 5) is 17.4. The summed E-state index contributed by atoms with van der Waals surface area (Å²) in [5.41, 5.74) is -2.90. The van der Waals surface area contributed by atoms with Crippen molar-refractivity contribution in [1.82, 2.24) is 10.3 Å². The van der Waals surface area contributed by atoms with Gasteiger partial charge in [-0.2, -0.15) is 18.2 Å². The minimum Gasteiger partial charge on any atom is -0.437 e. The van der Waals surface area contributed by atoms with Gasteiger partial charge in [0.2, 0.25) is 25.6 Å². The van der Waals surface area contributed by atoms with E-state index < -0.39 is 43.4 Å². The highest BCUT2D eigenvalue weighted by molar-refractivity contribution is 7.92. The fourth-order valence-electron chi connectivity index (χ4n) is 4.27. The molecule has 1 amide bonds. The van der Waals surface area contributed by atoms with E-state index >= 15 is 0 Å². The van der Waals surface area contributed by atoms with Gasteiger partial charge in [0.15, 0.2) is 0 Å². The Morgan fingerprint density at radius 3 is 2.31 bits per heavy atom. The van der Waals surface area contributed by atoms with E-state index in [-0.39, 0.29) is 41.7 Å². The van der Waals surface area contributed by atoms with Gasteiger partial charge in [0.1, 0.15) is 11.6 Å². The van der Waals surface area contributed by atoms with E-state index in [1.807, 2.05) is 19.1 Å². The molecule has 3 aromatic rings. The number of carbonyl (C=O) groups is 1. The van der Waals surface area contributed by atoms with Gasteiger partial charge in [-0.1, -0.05) is 29.8 Å². The van der Waals surface area contributed by atoms with E-state index in [0.717, 1.165) is 29.0 Å². The second-order valence-electron chi connectivity index (χ2n) is 9.59. The molecule has 0 atom stereocenters. The van der Waals surface area contributed by atoms with E-state index in [4.69, 9.17) is 4.42 Å². The van der Waals surface area contributed by atoms with Crippen LogP contribution in [0.3, 0.4) is 0 Å². The normalized spacial score (nSPS) is 14.5. The lowest BCUT2D eigenvalue weighted by Gasteiger charge is -2.24. The fourth-order valence-corrected chi connectivity index (χ4v) is 6.01. The van der Waals surface area contributed by atoms with E-state index in [2.05, 4.69) is 10.3 Å². The van der Waals surface area contributed by atoms with Gasteiger partial charge in [-0.25, -0.2) is 16.8 Å². The number of pyridine rings is 1. The summed E-state index contributed by atoms with van der Waals surface area (Å²) in [6, 6.07) is 8.98. The Kier molecular flexibility index (Phi) is 7.74. The predicted octanol–water partition coefficient (Wildman–Crippen LogP) is 4.52. The van der Waals surface area contributed by atoms with Crippen LogP contribution in [0.25, 0.3) is 22.4 Å². The summed E-state index contributed by atoms with van der Waals surface area (Å²) < 4.78 is 93.4. The Morgan fingerprint density at radius 1 is 1.13 bits per heavy atom. The standard InChI is InChI=1S/C25H28F3N3O6S2/c1-15-6-8-17(9-7-15)21-20(23(32)29-2)19-14-18(16-10-11-16)22(30-24(19)37-21)31(38(3,33)34)12-4-5-13-39(35,36)25(26,27)28/h6-9,14,16H,4-5,10-13H2,1-3H3,(H,29,32). The molecule has 212 valence electrons. The van der Waals surface area contributed by atoms with Crippen LogP contribution in [0.2, 0.25) is 0 Å². The Morgan fingerprint density at radius 2 is 1.77 bits per heavy atom. The monoisotopic (exact) mass is 587 g/mol. The highest BCUT2D eigenvalue weighted by Gasteiger charge is 2.44. The number of nitrogens with zero attached hydrogens (tertiary/aromatic N) is 2. The summed E-state index contributed by atoms with van der Waals surface area (Å²) in [7, 11) is -7.80. The number of fused-ring (bicyclic) bond motifs is 1. The number of sulfone groups is 1. The van der Waals surface area contributed by atoms with Crippen molar-refractivity contribution in [3.8, 4) is 11.3 Å². The Labute approximate surface area is 224 Å². The lowest BCUT2D eigenvalue weighted by Crippen LogP contribution is -2.33. The number of nitrogens with one attached hydrogen (secondary N) is 1. The zero-order valence-electron chi connectivity index (χ0n) is 21.5. The zero-order chi connectivity index (χ0) is 28.8. The third-order valence-corrected chi connectivity index (χ3v) is 9.18. The van der Waals surface area contributed by atoms with Gasteiger partial charge in [0.05, 0.1) is 23.0 Å². The summed E-state index contributed by atoms with van der Waals surface area (Å²) in [6.07, 6.45) is 1.92. The van der Waals surface area contributed by atoms with Gasteiger partial charge in [-0.05, 0) is 50.2 Å². The maximum atomic E-state index is 12.9. The van der Waals surface area contributed by atoms with Gasteiger partial charge < -0.3 is 9.73 Å². The molecular formula is C25H28F3N3O6S2. The van der Waals surface area contributed by atoms with Crippen LogP contribution < -0.4 is 9.62 Å². The van der Waals surface area contributed by atoms with Crippen molar-refractivity contribution in [3.05, 3.63) is 47.0 Å². The van der Waals surface area contributed by atoms with Crippen molar-refractivity contribution in [2.24, 2.45) is 0 Å². The molecule has 39 heavy (non-hydrogen) atoms. The van der Waals surface area contributed by atoms with E-state index in [0.29, 0.717) is 16.5 Å². The third kappa shape index (κ3) is 6.06. The number of carbonyl (C=O) groups excluding carboxylic acids is 1. The predicted molar refractivity (Wildman–Crippen MR) is 141 cm³/mol. The molecule has 1 saturated carbocycles. The molecule has 2 aromatic heterocycles. The SMILES string of the molecule is CNC(=O)c1c(-c2ccc(C)cc2)oc2nc(N(CCCCS(=O)(=O)C(F)(F)F)S(C)(=O)=O)c(C3CC3)cc12. The van der Waals surface area contributed by atoms with Crippen LogP contribution in [-0.2, 0) is 19.9 Å². The molecule has 0 spiro atoms. The first-order chi connectivity index (χ1) is 18.1. The van der Waals surface area contributed by atoms with Crippen molar-refractivity contribution in [2.75, 3.05) is 29.9 Å². The molecule has 1 aromatic carbocycles. The van der Waals surface area contributed by atoms with E-state index in [1.54, 1.807) is 18.2 Å². The first-order valence-corrected chi connectivity index (χ1v) is 15.7. The largest absolute Gasteiger partial charge is 0.497 e. The lowest BCUT2D eigenvalue weighted by molar-refractivity contribution is -0.0435. The summed E-state index contributed by atoms with van der Waals surface area (Å²) in [6.45, 7) is 1.63. The number of hydrogen-bond donors (Lipinski definition) is 1. The van der Waals surface area contributed by atoms with Gasteiger partial charge >= 0.3 is 5.51 Å². The summed E-state index contributed by atoms with van der Waals surface area (Å²) in [5.74, 6) is -1.27. The number of sulfonamides is 1. The maximum Gasteiger partial charge on any atom is 0.497 e. The summed E-state index contributed by atoms with van der Waals surface area (Å²) >= 11 is 0. The minimum atomic E-state index is -5.37. The smallest absolute Gasteiger partial charge is 0.437 e. The summed E-state index contributed by atoms with van der Waals surface area (Å²) in [5, 5.41) is 3.00. The van der Waals surface area contributed by atoms with Crippen molar-refractivity contribution < 1.29 is 39.2 Å². The topological polar surface area (TPSA) is 127 Å². The number of aryl methyl sites for hydroxylation is 1. The number of unbranched alkanes of at least 4 members (excludes halogenated alkanes) is 1. The maximum absolute atomic E-state index is 12.9. The van der Waals surface area contributed by atoms with Crippen LogP contribution in [0, 0.1) is 6.92 Å². The number of furan rings is 1. The average molecular weight is 588 g/mol. The highest BCUT2D eigenvalue weighted by Crippen LogP contribution is 2.46. The molecule has 0 aliphatic heterocycles. The number of halogens is 3. The molecule has 4 rings (SSSR count). The number of rotatable bonds is 10. The number of benzene rings is 1. The third-order valence-electron chi connectivity index (χ3n) is 6.49. The van der Waals surface area contributed by atoms with Gasteiger partial charge in [0, 0.05) is 19.2 Å². The van der Waals surface area contributed by atoms with Crippen LogP contribution in [0.1, 0.15) is 53.1 Å². The van der Waals surface area contributed by atoms with Gasteiger partial charge in [-0.15, -0.1) is 0 Å². The molecule has 0 bridgehead atoms. The molecule has 14 heteroatoms. The Balaban J connectivity index is 1.78. The fraction of sp³-hybridized carbons (Fsp3) is 0.440. The number of amides is 1. The number of anilines is 1. The van der Waals surface area contributed by atoms with Crippen LogP contribution in [0.4, 0.5) is 19.0 Å². The van der Waals surface area contributed by atoms with E-state index in [9.17, 15) is 34.8 Å².